The number of anilines is 1. The minimum absolute atomic E-state index is 0.0658. The smallest absolute Gasteiger partial charge is 0.269 e. The lowest BCUT2D eigenvalue weighted by atomic mass is 9.74. The number of benzene rings is 3. The van der Waals surface area contributed by atoms with E-state index in [1.807, 2.05) is 18.2 Å². The van der Waals surface area contributed by atoms with E-state index in [1.165, 1.54) is 30.3 Å². The zero-order chi connectivity index (χ0) is 23.9. The van der Waals surface area contributed by atoms with Gasteiger partial charge in [-0.3, -0.25) is 19.8 Å². The number of likely N-dealkylation sites (tertiary alicyclic amines) is 1. The first kappa shape index (κ1) is 22.5. The highest BCUT2D eigenvalue weighted by molar-refractivity contribution is 6.30. The second-order valence-electron chi connectivity index (χ2n) is 9.04. The van der Waals surface area contributed by atoms with Crippen molar-refractivity contribution in [2.24, 2.45) is 0 Å². The van der Waals surface area contributed by atoms with Crippen LogP contribution in [0.1, 0.15) is 34.3 Å². The fourth-order valence-electron chi connectivity index (χ4n) is 5.16. The molecular weight excluding hydrogens is 457 g/mol. The molecule has 1 saturated heterocycles. The summed E-state index contributed by atoms with van der Waals surface area (Å²) >= 11 is 6.13. The zero-order valence-corrected chi connectivity index (χ0v) is 19.2. The molecule has 1 spiro atoms. The highest BCUT2D eigenvalue weighted by Gasteiger charge is 2.46. The molecule has 0 bridgehead atoms. The van der Waals surface area contributed by atoms with Gasteiger partial charge in [0.25, 0.3) is 11.6 Å². The van der Waals surface area contributed by atoms with Crippen LogP contribution in [-0.2, 0) is 12.0 Å². The predicted molar refractivity (Wildman–Crippen MR) is 129 cm³/mol. The molecule has 0 aliphatic carbocycles. The van der Waals surface area contributed by atoms with E-state index in [9.17, 15) is 19.3 Å². The van der Waals surface area contributed by atoms with Crippen LogP contribution >= 0.6 is 11.6 Å². The number of fused-ring (bicyclic) bond motifs is 2. The maximum atomic E-state index is 14.3. The molecule has 3 aromatic rings. The number of carbonyl (C=O) groups is 1. The van der Waals surface area contributed by atoms with Gasteiger partial charge >= 0.3 is 0 Å². The molecular formula is C26H23ClFN3O3. The molecule has 34 heavy (non-hydrogen) atoms. The van der Waals surface area contributed by atoms with Gasteiger partial charge in [-0.25, -0.2) is 4.39 Å². The molecule has 0 atom stereocenters. The minimum atomic E-state index is -0.492. The van der Waals surface area contributed by atoms with Crippen LogP contribution in [-0.4, -0.2) is 35.4 Å². The molecule has 0 N–H and O–H groups in total. The molecule has 6 nitrogen and oxygen atoms in total. The number of nitro groups is 1. The monoisotopic (exact) mass is 479 g/mol. The van der Waals surface area contributed by atoms with Gasteiger partial charge in [-0.2, -0.15) is 0 Å². The lowest BCUT2D eigenvalue weighted by molar-refractivity contribution is -0.384. The van der Waals surface area contributed by atoms with Crippen molar-refractivity contribution >= 4 is 28.9 Å². The van der Waals surface area contributed by atoms with E-state index in [-0.39, 0.29) is 22.8 Å². The van der Waals surface area contributed by atoms with E-state index in [0.717, 1.165) is 43.6 Å². The van der Waals surface area contributed by atoms with Crippen LogP contribution in [0.15, 0.2) is 66.7 Å². The van der Waals surface area contributed by atoms with Gasteiger partial charge in [-0.1, -0.05) is 23.7 Å². The van der Waals surface area contributed by atoms with Crippen molar-refractivity contribution in [2.75, 3.05) is 24.5 Å². The Balaban J connectivity index is 1.38. The lowest BCUT2D eigenvalue weighted by Gasteiger charge is -2.40. The Hall–Kier alpha value is -3.29. The standard InChI is InChI=1S/C26H23ClFN3O3/c27-20-3-1-2-18(14-20)16-29-12-10-26(11-13-29)17-30(24-9-6-21(28)15-23(24)26)25(32)19-4-7-22(8-5-19)31(33)34/h1-9,14-15H,10-13,16-17H2. The third kappa shape index (κ3) is 4.17. The summed E-state index contributed by atoms with van der Waals surface area (Å²) < 4.78 is 14.3. The second kappa shape index (κ2) is 8.81. The molecule has 1 fully saturated rings. The van der Waals surface area contributed by atoms with Gasteiger partial charge in [0.15, 0.2) is 0 Å². The van der Waals surface area contributed by atoms with Crippen LogP contribution in [0.2, 0.25) is 5.02 Å². The first-order valence-electron chi connectivity index (χ1n) is 11.2. The summed E-state index contributed by atoms with van der Waals surface area (Å²) in [5.74, 6) is -0.551. The maximum Gasteiger partial charge on any atom is 0.269 e. The Kier molecular flexibility index (Phi) is 5.83. The number of carbonyl (C=O) groups excluding carboxylic acids is 1. The third-order valence-electron chi connectivity index (χ3n) is 6.96. The molecule has 1 amide bonds. The van der Waals surface area contributed by atoms with E-state index in [4.69, 9.17) is 11.6 Å². The van der Waals surface area contributed by atoms with Gasteiger partial charge in [0, 0.05) is 46.9 Å². The van der Waals surface area contributed by atoms with Crippen LogP contribution < -0.4 is 4.90 Å². The normalized spacial score (nSPS) is 17.1. The number of halogens is 2. The number of amides is 1. The number of nitrogens with zero attached hydrogens (tertiary/aromatic N) is 3. The highest BCUT2D eigenvalue weighted by Crippen LogP contribution is 2.48. The van der Waals surface area contributed by atoms with E-state index >= 15 is 0 Å². The molecule has 5 rings (SSSR count). The summed E-state index contributed by atoms with van der Waals surface area (Å²) in [7, 11) is 0. The van der Waals surface area contributed by atoms with Crippen LogP contribution in [0.4, 0.5) is 15.8 Å². The minimum Gasteiger partial charge on any atom is -0.307 e. The maximum absolute atomic E-state index is 14.3. The number of rotatable bonds is 4. The molecule has 2 aliphatic heterocycles. The van der Waals surface area contributed by atoms with Crippen molar-refractivity contribution in [1.29, 1.82) is 0 Å². The van der Waals surface area contributed by atoms with Crippen LogP contribution in [0.3, 0.4) is 0 Å². The summed E-state index contributed by atoms with van der Waals surface area (Å²) in [5.41, 5.74) is 2.72. The SMILES string of the molecule is O=C(c1ccc([N+](=O)[O-])cc1)N1CC2(CCN(Cc3cccc(Cl)c3)CC2)c2cc(F)ccc21. The van der Waals surface area contributed by atoms with E-state index in [0.29, 0.717) is 22.8 Å². The molecule has 8 heteroatoms. The first-order chi connectivity index (χ1) is 16.3. The molecule has 0 unspecified atom stereocenters. The van der Waals surface area contributed by atoms with Crippen molar-refractivity contribution < 1.29 is 14.1 Å². The molecule has 0 radical (unpaired) electrons. The number of nitro benzene ring substituents is 1. The summed E-state index contributed by atoms with van der Waals surface area (Å²) in [4.78, 5) is 27.9. The average molecular weight is 480 g/mol. The Morgan fingerprint density at radius 3 is 2.47 bits per heavy atom. The molecule has 0 aromatic heterocycles. The topological polar surface area (TPSA) is 66.7 Å². The lowest BCUT2D eigenvalue weighted by Crippen LogP contribution is -2.45. The van der Waals surface area contributed by atoms with Gasteiger partial charge in [0.2, 0.25) is 0 Å². The fraction of sp³-hybridized carbons (Fsp3) is 0.269. The quantitative estimate of drug-likeness (QED) is 0.362. The predicted octanol–water partition coefficient (Wildman–Crippen LogP) is 5.58. The fourth-order valence-corrected chi connectivity index (χ4v) is 5.38. The van der Waals surface area contributed by atoms with Crippen LogP contribution in [0.5, 0.6) is 0 Å². The van der Waals surface area contributed by atoms with Crippen LogP contribution in [0, 0.1) is 15.9 Å². The van der Waals surface area contributed by atoms with Gasteiger partial charge in [0.1, 0.15) is 5.82 Å². The third-order valence-corrected chi connectivity index (χ3v) is 7.20. The largest absolute Gasteiger partial charge is 0.307 e. The van der Waals surface area contributed by atoms with Crippen molar-refractivity contribution in [1.82, 2.24) is 4.90 Å². The second-order valence-corrected chi connectivity index (χ2v) is 9.48. The van der Waals surface area contributed by atoms with Gasteiger partial charge in [0.05, 0.1) is 4.92 Å². The number of hydrogen-bond acceptors (Lipinski definition) is 4. The molecule has 2 aliphatic rings. The average Bonchev–Trinajstić information content (AvgIpc) is 3.13. The van der Waals surface area contributed by atoms with E-state index < -0.39 is 4.92 Å². The van der Waals surface area contributed by atoms with Crippen molar-refractivity contribution in [3.8, 4) is 0 Å². The summed E-state index contributed by atoms with van der Waals surface area (Å²) in [5, 5.41) is 11.7. The highest BCUT2D eigenvalue weighted by atomic mass is 35.5. The van der Waals surface area contributed by atoms with Crippen molar-refractivity contribution in [3.05, 3.63) is 104 Å². The number of non-ortho nitro benzene ring substituents is 1. The Morgan fingerprint density at radius 1 is 1.06 bits per heavy atom. The van der Waals surface area contributed by atoms with Gasteiger partial charge in [-0.05, 0) is 79.5 Å². The molecule has 3 aromatic carbocycles. The Morgan fingerprint density at radius 2 is 1.79 bits per heavy atom. The molecule has 0 saturated carbocycles. The first-order valence-corrected chi connectivity index (χ1v) is 11.6. The zero-order valence-electron chi connectivity index (χ0n) is 18.4. The molecule has 2 heterocycles. The van der Waals surface area contributed by atoms with E-state index in [1.54, 1.807) is 17.0 Å². The van der Waals surface area contributed by atoms with Gasteiger partial charge in [-0.15, -0.1) is 0 Å². The summed E-state index contributed by atoms with van der Waals surface area (Å²) in [6.07, 6.45) is 1.60. The van der Waals surface area contributed by atoms with Crippen LogP contribution in [0.25, 0.3) is 0 Å². The Labute approximate surface area is 201 Å². The number of hydrogen-bond donors (Lipinski definition) is 0. The van der Waals surface area contributed by atoms with Crippen molar-refractivity contribution in [3.63, 3.8) is 0 Å². The van der Waals surface area contributed by atoms with Crippen molar-refractivity contribution in [2.45, 2.75) is 24.8 Å². The number of piperidine rings is 1. The summed E-state index contributed by atoms with van der Waals surface area (Å²) in [6.45, 7) is 2.90. The van der Waals surface area contributed by atoms with E-state index in [2.05, 4.69) is 11.0 Å². The van der Waals surface area contributed by atoms with Gasteiger partial charge < -0.3 is 4.90 Å². The molecule has 174 valence electrons. The summed E-state index contributed by atoms with van der Waals surface area (Å²) in [6, 6.07) is 18.0. The Bertz CT molecular complexity index is 1260.